The van der Waals surface area contributed by atoms with E-state index in [2.05, 4.69) is 121 Å². The fourth-order valence-corrected chi connectivity index (χ4v) is 18.6. The molecule has 0 saturated carbocycles. The van der Waals surface area contributed by atoms with E-state index in [-0.39, 0.29) is 0 Å². The normalized spacial score (nSPS) is 11.4. The van der Waals surface area contributed by atoms with Crippen molar-refractivity contribution in [3.05, 3.63) is 144 Å². The first-order valence-corrected chi connectivity index (χ1v) is 20.5. The minimum absolute atomic E-state index is 1.25. The molecular weight excluding hydrogens is 503 g/mol. The van der Waals surface area contributed by atoms with Gasteiger partial charge in [0.05, 0.1) is 0 Å². The summed E-state index contributed by atoms with van der Waals surface area (Å²) < 4.78 is 5.80. The van der Waals surface area contributed by atoms with Gasteiger partial charge in [0.25, 0.3) is 0 Å². The Balaban J connectivity index is 1.56. The van der Waals surface area contributed by atoms with E-state index < -0.39 is 18.4 Å². The van der Waals surface area contributed by atoms with Gasteiger partial charge < -0.3 is 0 Å². The van der Waals surface area contributed by atoms with Crippen molar-refractivity contribution in [1.29, 1.82) is 0 Å². The Bertz CT molecular complexity index is 863. The van der Waals surface area contributed by atoms with E-state index >= 15 is 0 Å². The molecule has 0 bridgehead atoms. The fourth-order valence-electron chi connectivity index (χ4n) is 4.97. The third kappa shape index (κ3) is 7.89. The molecule has 0 atom stereocenters. The van der Waals surface area contributed by atoms with Crippen LogP contribution in [0.1, 0.15) is 22.3 Å². The van der Waals surface area contributed by atoms with Crippen molar-refractivity contribution in [2.75, 3.05) is 0 Å². The zero-order chi connectivity index (χ0) is 22.6. The van der Waals surface area contributed by atoms with Gasteiger partial charge in [0.1, 0.15) is 0 Å². The van der Waals surface area contributed by atoms with Gasteiger partial charge in [0.2, 0.25) is 0 Å². The second-order valence-electron chi connectivity index (χ2n) is 9.44. The zero-order valence-corrected chi connectivity index (χ0v) is 22.6. The van der Waals surface area contributed by atoms with Gasteiger partial charge in [-0.2, -0.15) is 0 Å². The quantitative estimate of drug-likeness (QED) is 0.159. The Labute approximate surface area is 204 Å². The molecule has 168 valence electrons. The Morgan fingerprint density at radius 3 is 0.727 bits per heavy atom. The van der Waals surface area contributed by atoms with Crippen LogP contribution in [0.15, 0.2) is 121 Å². The van der Waals surface area contributed by atoms with Crippen LogP contribution in [0.3, 0.4) is 0 Å². The van der Waals surface area contributed by atoms with Crippen LogP contribution in [0.2, 0.25) is 17.7 Å². The third-order valence-electron chi connectivity index (χ3n) is 7.15. The van der Waals surface area contributed by atoms with Crippen molar-refractivity contribution in [2.45, 2.75) is 43.4 Å². The van der Waals surface area contributed by atoms with Gasteiger partial charge in [-0.15, -0.1) is 0 Å². The Morgan fingerprint density at radius 1 is 0.303 bits per heavy atom. The molecule has 0 heterocycles. The predicted molar refractivity (Wildman–Crippen MR) is 146 cm³/mol. The van der Waals surface area contributed by atoms with Gasteiger partial charge in [0.15, 0.2) is 0 Å². The van der Waals surface area contributed by atoms with Crippen molar-refractivity contribution >= 4 is 18.4 Å². The van der Waals surface area contributed by atoms with Crippen molar-refractivity contribution in [1.82, 2.24) is 0 Å². The SMILES string of the molecule is c1ccc(C[CH2][Sn]([CH2]Cc2ccccc2)([CH2]Cc2ccccc2)[CH2]Cc2ccccc2)cc1. The molecule has 0 N–H and O–H groups in total. The molecule has 4 rings (SSSR count). The second kappa shape index (κ2) is 12.8. The first-order valence-electron chi connectivity index (χ1n) is 12.5. The number of hydrogen-bond donors (Lipinski definition) is 0. The molecule has 0 aromatic heterocycles. The van der Waals surface area contributed by atoms with Crippen LogP contribution in [0.5, 0.6) is 0 Å². The van der Waals surface area contributed by atoms with Crippen LogP contribution >= 0.6 is 0 Å². The molecule has 0 saturated heterocycles. The molecule has 0 spiro atoms. The summed E-state index contributed by atoms with van der Waals surface area (Å²) in [6.07, 6.45) is 4.98. The summed E-state index contributed by atoms with van der Waals surface area (Å²) in [6.45, 7) is 0. The Kier molecular flexibility index (Phi) is 9.24. The maximum atomic E-state index is 2.32. The van der Waals surface area contributed by atoms with Gasteiger partial charge >= 0.3 is 205 Å². The van der Waals surface area contributed by atoms with E-state index in [1.165, 1.54) is 65.7 Å². The van der Waals surface area contributed by atoms with E-state index in [1.807, 2.05) is 0 Å². The topological polar surface area (TPSA) is 0 Å². The fraction of sp³-hybridized carbons (Fsp3) is 0.250. The first-order chi connectivity index (χ1) is 16.3. The molecule has 4 aromatic carbocycles. The van der Waals surface area contributed by atoms with Gasteiger partial charge in [-0.05, 0) is 0 Å². The molecule has 0 aliphatic heterocycles. The summed E-state index contributed by atoms with van der Waals surface area (Å²) in [5.74, 6) is 0. The van der Waals surface area contributed by atoms with Gasteiger partial charge in [-0.3, -0.25) is 0 Å². The molecule has 33 heavy (non-hydrogen) atoms. The molecule has 0 amide bonds. The summed E-state index contributed by atoms with van der Waals surface area (Å²) in [6, 6.07) is 44.7. The number of benzene rings is 4. The average Bonchev–Trinajstić information content (AvgIpc) is 2.90. The van der Waals surface area contributed by atoms with Gasteiger partial charge in [-0.25, -0.2) is 0 Å². The molecule has 1 heteroatoms. The van der Waals surface area contributed by atoms with Crippen LogP contribution < -0.4 is 0 Å². The molecule has 0 radical (unpaired) electrons. The van der Waals surface area contributed by atoms with Crippen LogP contribution in [0.4, 0.5) is 0 Å². The maximum absolute atomic E-state index is 2.47. The molecule has 0 unspecified atom stereocenters. The molecule has 0 nitrogen and oxygen atoms in total. The van der Waals surface area contributed by atoms with Crippen molar-refractivity contribution in [3.63, 3.8) is 0 Å². The molecular formula is C32H36Sn. The monoisotopic (exact) mass is 540 g/mol. The van der Waals surface area contributed by atoms with Gasteiger partial charge in [-0.1, -0.05) is 0 Å². The van der Waals surface area contributed by atoms with E-state index in [0.717, 1.165) is 0 Å². The van der Waals surface area contributed by atoms with Crippen molar-refractivity contribution < 1.29 is 0 Å². The van der Waals surface area contributed by atoms with Crippen molar-refractivity contribution in [2.24, 2.45) is 0 Å². The van der Waals surface area contributed by atoms with Crippen LogP contribution in [-0.4, -0.2) is 18.4 Å². The van der Waals surface area contributed by atoms with E-state index in [1.54, 1.807) is 0 Å². The van der Waals surface area contributed by atoms with Crippen LogP contribution in [0, 0.1) is 0 Å². The molecule has 0 aliphatic carbocycles. The summed E-state index contributed by atoms with van der Waals surface area (Å²) >= 11 is -2.47. The number of hydrogen-bond acceptors (Lipinski definition) is 0. The standard InChI is InChI=1S/4C8H9.Sn/c4*1-2-8-6-4-3-5-7-8;/h4*3-7H,1-2H2;. The molecule has 0 fully saturated rings. The Hall–Kier alpha value is -2.32. The summed E-state index contributed by atoms with van der Waals surface area (Å²) in [4.78, 5) is 0. The third-order valence-corrected chi connectivity index (χ3v) is 22.1. The van der Waals surface area contributed by atoms with Crippen molar-refractivity contribution in [3.8, 4) is 0 Å². The summed E-state index contributed by atoms with van der Waals surface area (Å²) in [5, 5.41) is 0. The molecule has 0 aliphatic rings. The number of rotatable bonds is 12. The number of aryl methyl sites for hydroxylation is 4. The first kappa shape index (κ1) is 23.8. The average molecular weight is 539 g/mol. The van der Waals surface area contributed by atoms with E-state index in [4.69, 9.17) is 0 Å². The van der Waals surface area contributed by atoms with Gasteiger partial charge in [0, 0.05) is 0 Å². The second-order valence-corrected chi connectivity index (χ2v) is 23.7. The van der Waals surface area contributed by atoms with E-state index in [0.29, 0.717) is 0 Å². The minimum atomic E-state index is -2.47. The predicted octanol–water partition coefficient (Wildman–Crippen LogP) is 8.41. The summed E-state index contributed by atoms with van der Waals surface area (Å²) in [7, 11) is 0. The Morgan fingerprint density at radius 2 is 0.515 bits per heavy atom. The van der Waals surface area contributed by atoms with Crippen LogP contribution in [-0.2, 0) is 25.7 Å². The van der Waals surface area contributed by atoms with E-state index in [9.17, 15) is 0 Å². The van der Waals surface area contributed by atoms with Crippen LogP contribution in [0.25, 0.3) is 0 Å². The molecule has 4 aromatic rings. The zero-order valence-electron chi connectivity index (χ0n) is 19.7. The summed E-state index contributed by atoms with van der Waals surface area (Å²) in [5.41, 5.74) is 6.05.